The van der Waals surface area contributed by atoms with Gasteiger partial charge in [0, 0.05) is 18.2 Å². The topological polar surface area (TPSA) is 29.3 Å². The van der Waals surface area contributed by atoms with Crippen molar-refractivity contribution >= 4 is 0 Å². The largest absolute Gasteiger partial charge is 0.330 e. The fraction of sp³-hybridized carbons (Fsp3) is 0.600. The molecule has 1 aromatic rings. The Labute approximate surface area is 110 Å². The normalized spacial score (nSPS) is 13.9. The first-order valence-corrected chi connectivity index (χ1v) is 6.56. The highest BCUT2D eigenvalue weighted by atomic mass is 19.1. The van der Waals surface area contributed by atoms with Crippen LogP contribution in [-0.4, -0.2) is 25.0 Å². The molecule has 0 heterocycles. The molecule has 0 aliphatic carbocycles. The van der Waals surface area contributed by atoms with Crippen LogP contribution >= 0.6 is 0 Å². The molecular formula is C15H25FN2. The third-order valence-corrected chi connectivity index (χ3v) is 3.41. The van der Waals surface area contributed by atoms with Crippen LogP contribution in [0.2, 0.25) is 0 Å². The van der Waals surface area contributed by atoms with Crippen LogP contribution in [0.25, 0.3) is 0 Å². The number of benzene rings is 1. The molecule has 0 spiro atoms. The Bertz CT molecular complexity index is 377. The molecule has 1 unspecified atom stereocenters. The smallest absolute Gasteiger partial charge is 0.127 e. The Morgan fingerprint density at radius 2 is 1.94 bits per heavy atom. The van der Waals surface area contributed by atoms with Gasteiger partial charge in [-0.05, 0) is 31.5 Å². The van der Waals surface area contributed by atoms with Crippen LogP contribution in [-0.2, 0) is 0 Å². The van der Waals surface area contributed by atoms with E-state index in [9.17, 15) is 4.39 Å². The third kappa shape index (κ3) is 3.79. The van der Waals surface area contributed by atoms with E-state index in [0.717, 1.165) is 18.5 Å². The summed E-state index contributed by atoms with van der Waals surface area (Å²) in [6.45, 7) is 7.85. The zero-order chi connectivity index (χ0) is 13.8. The van der Waals surface area contributed by atoms with Crippen molar-refractivity contribution in [3.8, 4) is 0 Å². The molecule has 3 heteroatoms. The van der Waals surface area contributed by atoms with E-state index in [1.165, 1.54) is 6.07 Å². The lowest BCUT2D eigenvalue weighted by molar-refractivity contribution is 0.159. The van der Waals surface area contributed by atoms with Crippen molar-refractivity contribution in [3.05, 3.63) is 35.6 Å². The van der Waals surface area contributed by atoms with Crippen LogP contribution in [0.1, 0.15) is 38.8 Å². The summed E-state index contributed by atoms with van der Waals surface area (Å²) in [5.41, 5.74) is 6.59. The standard InChI is InChI=1S/C15H25FN2/c1-5-14(12-8-6-7-9-13(12)16)18(4)11-15(2,3)10-17/h6-9,14H,5,10-11,17H2,1-4H3. The molecule has 0 bridgehead atoms. The van der Waals surface area contributed by atoms with Gasteiger partial charge in [0.15, 0.2) is 0 Å². The third-order valence-electron chi connectivity index (χ3n) is 3.41. The molecule has 102 valence electrons. The number of nitrogens with zero attached hydrogens (tertiary/aromatic N) is 1. The van der Waals surface area contributed by atoms with Crippen LogP contribution in [0.4, 0.5) is 4.39 Å². The molecule has 0 fully saturated rings. The number of hydrogen-bond acceptors (Lipinski definition) is 2. The lowest BCUT2D eigenvalue weighted by Gasteiger charge is -2.34. The van der Waals surface area contributed by atoms with Gasteiger partial charge in [0.1, 0.15) is 5.82 Å². The quantitative estimate of drug-likeness (QED) is 0.842. The van der Waals surface area contributed by atoms with Gasteiger partial charge in [-0.25, -0.2) is 4.39 Å². The van der Waals surface area contributed by atoms with Crippen LogP contribution in [0.15, 0.2) is 24.3 Å². The highest BCUT2D eigenvalue weighted by Crippen LogP contribution is 2.28. The molecule has 1 rings (SSSR count). The molecule has 0 saturated carbocycles. The summed E-state index contributed by atoms with van der Waals surface area (Å²) in [5, 5.41) is 0. The molecule has 0 aliphatic rings. The van der Waals surface area contributed by atoms with E-state index in [-0.39, 0.29) is 17.3 Å². The fourth-order valence-corrected chi connectivity index (χ4v) is 2.36. The highest BCUT2D eigenvalue weighted by molar-refractivity contribution is 5.21. The summed E-state index contributed by atoms with van der Waals surface area (Å²) >= 11 is 0. The minimum atomic E-state index is -0.123. The average Bonchev–Trinajstić information content (AvgIpc) is 2.32. The van der Waals surface area contributed by atoms with Gasteiger partial charge in [0.25, 0.3) is 0 Å². The van der Waals surface area contributed by atoms with Crippen molar-refractivity contribution < 1.29 is 4.39 Å². The Kier molecular flexibility index (Phi) is 5.29. The lowest BCUT2D eigenvalue weighted by atomic mass is 9.91. The molecular weight excluding hydrogens is 227 g/mol. The summed E-state index contributed by atoms with van der Waals surface area (Å²) in [6.07, 6.45) is 0.887. The van der Waals surface area contributed by atoms with E-state index >= 15 is 0 Å². The molecule has 0 aromatic heterocycles. The molecule has 0 radical (unpaired) electrons. The maximum absolute atomic E-state index is 13.9. The minimum absolute atomic E-state index is 0.0490. The van der Waals surface area contributed by atoms with E-state index < -0.39 is 0 Å². The van der Waals surface area contributed by atoms with Gasteiger partial charge in [-0.3, -0.25) is 4.90 Å². The second-order valence-electron chi connectivity index (χ2n) is 5.73. The van der Waals surface area contributed by atoms with Gasteiger partial charge in [0.2, 0.25) is 0 Å². The second kappa shape index (κ2) is 6.30. The van der Waals surface area contributed by atoms with Gasteiger partial charge >= 0.3 is 0 Å². The van der Waals surface area contributed by atoms with E-state index in [1.54, 1.807) is 6.07 Å². The zero-order valence-electron chi connectivity index (χ0n) is 11.9. The molecule has 2 nitrogen and oxygen atoms in total. The summed E-state index contributed by atoms with van der Waals surface area (Å²) in [4.78, 5) is 2.20. The fourth-order valence-electron chi connectivity index (χ4n) is 2.36. The zero-order valence-corrected chi connectivity index (χ0v) is 11.9. The summed E-state index contributed by atoms with van der Waals surface area (Å²) < 4.78 is 13.9. The Morgan fingerprint density at radius 3 is 2.44 bits per heavy atom. The van der Waals surface area contributed by atoms with Gasteiger partial charge in [-0.15, -0.1) is 0 Å². The maximum atomic E-state index is 13.9. The van der Waals surface area contributed by atoms with Gasteiger partial charge < -0.3 is 5.73 Å². The second-order valence-corrected chi connectivity index (χ2v) is 5.73. The van der Waals surface area contributed by atoms with Gasteiger partial charge in [-0.1, -0.05) is 39.0 Å². The summed E-state index contributed by atoms with van der Waals surface area (Å²) in [7, 11) is 2.04. The predicted molar refractivity (Wildman–Crippen MR) is 74.9 cm³/mol. The summed E-state index contributed by atoms with van der Waals surface area (Å²) in [6, 6.07) is 7.13. The first-order valence-electron chi connectivity index (χ1n) is 6.56. The molecule has 0 aliphatic heterocycles. The molecule has 18 heavy (non-hydrogen) atoms. The minimum Gasteiger partial charge on any atom is -0.330 e. The Hall–Kier alpha value is -0.930. The van der Waals surface area contributed by atoms with Crippen LogP contribution in [0.3, 0.4) is 0 Å². The molecule has 1 aromatic carbocycles. The Morgan fingerprint density at radius 1 is 1.33 bits per heavy atom. The van der Waals surface area contributed by atoms with E-state index in [2.05, 4.69) is 25.7 Å². The summed E-state index contributed by atoms with van der Waals surface area (Å²) in [5.74, 6) is -0.123. The lowest BCUT2D eigenvalue weighted by Crippen LogP contribution is -2.38. The van der Waals surface area contributed by atoms with E-state index in [0.29, 0.717) is 6.54 Å². The van der Waals surface area contributed by atoms with Crippen molar-refractivity contribution in [2.24, 2.45) is 11.1 Å². The number of hydrogen-bond donors (Lipinski definition) is 1. The van der Waals surface area contributed by atoms with Crippen molar-refractivity contribution in [1.29, 1.82) is 0 Å². The van der Waals surface area contributed by atoms with Crippen LogP contribution < -0.4 is 5.73 Å². The molecule has 2 N–H and O–H groups in total. The predicted octanol–water partition coefficient (Wildman–Crippen LogP) is 3.19. The van der Waals surface area contributed by atoms with Crippen LogP contribution in [0.5, 0.6) is 0 Å². The van der Waals surface area contributed by atoms with Gasteiger partial charge in [-0.2, -0.15) is 0 Å². The SMILES string of the molecule is CCC(c1ccccc1F)N(C)CC(C)(C)CN. The number of nitrogens with two attached hydrogens (primary N) is 1. The number of rotatable bonds is 6. The maximum Gasteiger partial charge on any atom is 0.127 e. The van der Waals surface area contributed by atoms with Crippen LogP contribution in [0, 0.1) is 11.2 Å². The van der Waals surface area contributed by atoms with E-state index in [4.69, 9.17) is 5.73 Å². The molecule has 0 saturated heterocycles. The monoisotopic (exact) mass is 252 g/mol. The van der Waals surface area contributed by atoms with Crippen molar-refractivity contribution in [2.45, 2.75) is 33.2 Å². The first-order chi connectivity index (χ1) is 8.41. The average molecular weight is 252 g/mol. The van der Waals surface area contributed by atoms with E-state index in [1.807, 2.05) is 19.2 Å². The van der Waals surface area contributed by atoms with Gasteiger partial charge in [0.05, 0.1) is 0 Å². The van der Waals surface area contributed by atoms with Crippen molar-refractivity contribution in [2.75, 3.05) is 20.1 Å². The Balaban J connectivity index is 2.87. The molecule has 0 amide bonds. The van der Waals surface area contributed by atoms with Crippen molar-refractivity contribution in [1.82, 2.24) is 4.90 Å². The first kappa shape index (κ1) is 15.1. The molecule has 1 atom stereocenters. The highest BCUT2D eigenvalue weighted by Gasteiger charge is 2.24. The number of halogens is 1. The van der Waals surface area contributed by atoms with Crippen molar-refractivity contribution in [3.63, 3.8) is 0 Å².